The molecule has 0 spiro atoms. The molecule has 0 aromatic heterocycles. The molecule has 2 aliphatic rings. The summed E-state index contributed by atoms with van der Waals surface area (Å²) in [4.78, 5) is 2.65. The smallest absolute Gasteiger partial charge is 0.0473 e. The molecule has 2 fully saturated rings. The standard InChI is InChI=1S/C17H25ClN2.2ClH/c18-16-7-3-6-15(12-16)17-13-19-9-11-20(17)10-8-14-4-1-2-5-14;;/h3,6-7,12,14,17,19H,1-2,4-5,8-11,13H2;2*1H. The van der Waals surface area contributed by atoms with Crippen molar-refractivity contribution in [2.45, 2.75) is 38.1 Å². The minimum atomic E-state index is 0. The topological polar surface area (TPSA) is 15.3 Å². The molecule has 1 aromatic carbocycles. The van der Waals surface area contributed by atoms with Crippen LogP contribution in [0.2, 0.25) is 5.02 Å². The summed E-state index contributed by atoms with van der Waals surface area (Å²) in [6.45, 7) is 4.56. The normalized spacial score (nSPS) is 22.9. The molecule has 1 atom stereocenters. The quantitative estimate of drug-likeness (QED) is 0.831. The molecule has 1 aliphatic carbocycles. The van der Waals surface area contributed by atoms with Gasteiger partial charge in [0.05, 0.1) is 0 Å². The Morgan fingerprint density at radius 1 is 1.18 bits per heavy atom. The third-order valence-electron chi connectivity index (χ3n) is 4.89. The minimum Gasteiger partial charge on any atom is -0.314 e. The molecule has 1 aliphatic heterocycles. The predicted molar refractivity (Wildman–Crippen MR) is 99.7 cm³/mol. The Morgan fingerprint density at radius 2 is 1.95 bits per heavy atom. The van der Waals surface area contributed by atoms with Gasteiger partial charge in [0.15, 0.2) is 0 Å². The van der Waals surface area contributed by atoms with Crippen LogP contribution in [0.15, 0.2) is 24.3 Å². The summed E-state index contributed by atoms with van der Waals surface area (Å²) in [5, 5.41) is 4.38. The second kappa shape index (κ2) is 10.00. The highest BCUT2D eigenvalue weighted by atomic mass is 35.5. The first kappa shape index (κ1) is 20.1. The number of hydrogen-bond donors (Lipinski definition) is 1. The number of hydrogen-bond acceptors (Lipinski definition) is 2. The molecule has 3 rings (SSSR count). The van der Waals surface area contributed by atoms with Crippen molar-refractivity contribution in [2.75, 3.05) is 26.2 Å². The van der Waals surface area contributed by atoms with Crippen molar-refractivity contribution in [1.29, 1.82) is 0 Å². The van der Waals surface area contributed by atoms with Gasteiger partial charge in [-0.25, -0.2) is 0 Å². The number of halogens is 3. The van der Waals surface area contributed by atoms with E-state index in [1.165, 1.54) is 44.2 Å². The lowest BCUT2D eigenvalue weighted by atomic mass is 10.00. The average molecular weight is 366 g/mol. The van der Waals surface area contributed by atoms with E-state index in [0.29, 0.717) is 6.04 Å². The van der Waals surface area contributed by atoms with Crippen LogP contribution in [0.25, 0.3) is 0 Å². The van der Waals surface area contributed by atoms with Crippen molar-refractivity contribution in [2.24, 2.45) is 5.92 Å². The summed E-state index contributed by atoms with van der Waals surface area (Å²) < 4.78 is 0. The molecule has 1 aromatic rings. The van der Waals surface area contributed by atoms with Gasteiger partial charge < -0.3 is 5.32 Å². The van der Waals surface area contributed by atoms with Crippen molar-refractivity contribution in [1.82, 2.24) is 10.2 Å². The molecule has 0 bridgehead atoms. The van der Waals surface area contributed by atoms with Gasteiger partial charge in [-0.15, -0.1) is 24.8 Å². The van der Waals surface area contributed by atoms with Crippen molar-refractivity contribution in [3.05, 3.63) is 34.9 Å². The van der Waals surface area contributed by atoms with Crippen molar-refractivity contribution in [3.8, 4) is 0 Å². The van der Waals surface area contributed by atoms with E-state index in [1.54, 1.807) is 0 Å². The number of benzene rings is 1. The first-order valence-electron chi connectivity index (χ1n) is 8.03. The van der Waals surface area contributed by atoms with Gasteiger partial charge in [-0.05, 0) is 36.6 Å². The van der Waals surface area contributed by atoms with E-state index in [0.717, 1.165) is 30.6 Å². The highest BCUT2D eigenvalue weighted by molar-refractivity contribution is 6.30. The molecule has 22 heavy (non-hydrogen) atoms. The fourth-order valence-corrected chi connectivity index (χ4v) is 3.90. The summed E-state index contributed by atoms with van der Waals surface area (Å²) in [7, 11) is 0. The monoisotopic (exact) mass is 364 g/mol. The third-order valence-corrected chi connectivity index (χ3v) is 5.12. The molecule has 1 saturated heterocycles. The van der Waals surface area contributed by atoms with Gasteiger partial charge in [0.2, 0.25) is 0 Å². The summed E-state index contributed by atoms with van der Waals surface area (Å²) in [5.74, 6) is 0.977. The van der Waals surface area contributed by atoms with Gasteiger partial charge >= 0.3 is 0 Å². The van der Waals surface area contributed by atoms with Gasteiger partial charge in [-0.3, -0.25) is 4.90 Å². The molecule has 126 valence electrons. The van der Waals surface area contributed by atoms with Crippen molar-refractivity contribution >= 4 is 36.4 Å². The van der Waals surface area contributed by atoms with Gasteiger partial charge in [0.25, 0.3) is 0 Å². The van der Waals surface area contributed by atoms with Crippen LogP contribution in [0.5, 0.6) is 0 Å². The van der Waals surface area contributed by atoms with Crippen LogP contribution in [0.4, 0.5) is 0 Å². The number of rotatable bonds is 4. The molecule has 1 saturated carbocycles. The van der Waals surface area contributed by atoms with Gasteiger partial charge in [0, 0.05) is 30.7 Å². The zero-order valence-electron chi connectivity index (χ0n) is 13.0. The maximum absolute atomic E-state index is 6.15. The van der Waals surface area contributed by atoms with Crippen LogP contribution in [0.3, 0.4) is 0 Å². The summed E-state index contributed by atoms with van der Waals surface area (Å²) in [5.41, 5.74) is 1.36. The summed E-state index contributed by atoms with van der Waals surface area (Å²) in [6.07, 6.45) is 7.17. The first-order chi connectivity index (χ1) is 9.83. The highest BCUT2D eigenvalue weighted by Crippen LogP contribution is 2.30. The van der Waals surface area contributed by atoms with Crippen LogP contribution in [0.1, 0.15) is 43.7 Å². The van der Waals surface area contributed by atoms with Gasteiger partial charge in [0.1, 0.15) is 0 Å². The largest absolute Gasteiger partial charge is 0.314 e. The second-order valence-corrected chi connectivity index (χ2v) is 6.69. The molecule has 5 heteroatoms. The lowest BCUT2D eigenvalue weighted by Crippen LogP contribution is -2.46. The Morgan fingerprint density at radius 3 is 2.68 bits per heavy atom. The van der Waals surface area contributed by atoms with E-state index in [1.807, 2.05) is 6.07 Å². The summed E-state index contributed by atoms with van der Waals surface area (Å²) >= 11 is 6.15. The SMILES string of the molecule is Cl.Cl.Clc1cccc(C2CNCCN2CCC2CCCC2)c1. The lowest BCUT2D eigenvalue weighted by molar-refractivity contribution is 0.151. The van der Waals surface area contributed by atoms with Crippen LogP contribution < -0.4 is 5.32 Å². The Bertz CT molecular complexity index is 436. The molecule has 2 nitrogen and oxygen atoms in total. The molecular weight excluding hydrogens is 339 g/mol. The fraction of sp³-hybridized carbons (Fsp3) is 0.647. The zero-order valence-corrected chi connectivity index (χ0v) is 15.4. The minimum absolute atomic E-state index is 0. The fourth-order valence-electron chi connectivity index (χ4n) is 3.70. The zero-order chi connectivity index (χ0) is 13.8. The van der Waals surface area contributed by atoms with Crippen LogP contribution in [-0.2, 0) is 0 Å². The van der Waals surface area contributed by atoms with E-state index in [9.17, 15) is 0 Å². The maximum Gasteiger partial charge on any atom is 0.0473 e. The van der Waals surface area contributed by atoms with Crippen LogP contribution >= 0.6 is 36.4 Å². The lowest BCUT2D eigenvalue weighted by Gasteiger charge is -2.37. The molecular formula is C17H27Cl3N2. The molecule has 1 N–H and O–H groups in total. The van der Waals surface area contributed by atoms with Crippen molar-refractivity contribution < 1.29 is 0 Å². The number of piperazine rings is 1. The van der Waals surface area contributed by atoms with E-state index in [2.05, 4.69) is 28.4 Å². The molecule has 0 amide bonds. The van der Waals surface area contributed by atoms with Gasteiger partial charge in [-0.2, -0.15) is 0 Å². The van der Waals surface area contributed by atoms with Gasteiger partial charge in [-0.1, -0.05) is 49.4 Å². The van der Waals surface area contributed by atoms with E-state index < -0.39 is 0 Å². The van der Waals surface area contributed by atoms with Crippen LogP contribution in [0, 0.1) is 5.92 Å². The molecule has 1 heterocycles. The van der Waals surface area contributed by atoms with E-state index in [4.69, 9.17) is 11.6 Å². The van der Waals surface area contributed by atoms with E-state index in [-0.39, 0.29) is 24.8 Å². The second-order valence-electron chi connectivity index (χ2n) is 6.25. The predicted octanol–water partition coefficient (Wildman–Crippen LogP) is 4.71. The van der Waals surface area contributed by atoms with E-state index >= 15 is 0 Å². The number of nitrogens with zero attached hydrogens (tertiary/aromatic N) is 1. The first-order valence-corrected chi connectivity index (χ1v) is 8.41. The Kier molecular flexibility index (Phi) is 9.11. The highest BCUT2D eigenvalue weighted by Gasteiger charge is 2.25. The maximum atomic E-state index is 6.15. The number of nitrogens with one attached hydrogen (secondary N) is 1. The Labute approximate surface area is 151 Å². The Hall–Kier alpha value is 0.01000. The Balaban J connectivity index is 0.00000121. The summed E-state index contributed by atoms with van der Waals surface area (Å²) in [6, 6.07) is 8.86. The molecule has 0 radical (unpaired) electrons. The molecule has 1 unspecified atom stereocenters. The van der Waals surface area contributed by atoms with Crippen molar-refractivity contribution in [3.63, 3.8) is 0 Å². The third kappa shape index (κ3) is 5.28. The van der Waals surface area contributed by atoms with Crippen LogP contribution in [-0.4, -0.2) is 31.1 Å². The average Bonchev–Trinajstić information content (AvgIpc) is 2.99.